The third kappa shape index (κ3) is 59.9. The summed E-state index contributed by atoms with van der Waals surface area (Å²) in [6, 6.07) is 0. The maximum absolute atomic E-state index is 12.7. The number of rotatable bonds is 58. The molecule has 0 aromatic heterocycles. The molecule has 0 fully saturated rings. The van der Waals surface area contributed by atoms with Crippen LogP contribution in [0, 0.1) is 0 Å². The van der Waals surface area contributed by atoms with Crippen molar-refractivity contribution in [1.29, 1.82) is 0 Å². The monoisotopic (exact) mass is 1000 g/mol. The first kappa shape index (κ1) is 69.3. The highest BCUT2D eigenvalue weighted by atomic mass is 16.6. The van der Waals surface area contributed by atoms with Crippen molar-refractivity contribution < 1.29 is 23.8 Å². The summed E-state index contributed by atoms with van der Waals surface area (Å²) in [4.78, 5) is 25.4. The molecule has 0 unspecified atom stereocenters. The number of carbonyl (C=O) groups excluding carboxylic acids is 2. The van der Waals surface area contributed by atoms with Gasteiger partial charge in [-0.05, 0) is 89.9 Å². The molecule has 0 aliphatic heterocycles. The first-order valence-corrected chi connectivity index (χ1v) is 31.5. The van der Waals surface area contributed by atoms with Crippen molar-refractivity contribution in [2.45, 2.75) is 322 Å². The van der Waals surface area contributed by atoms with E-state index in [1.807, 2.05) is 0 Å². The fraction of sp³-hybridized carbons (Fsp3) is 0.791. The zero-order valence-corrected chi connectivity index (χ0v) is 48.2. The molecule has 0 aromatic carbocycles. The Bertz CT molecular complexity index is 1270. The summed E-state index contributed by atoms with van der Waals surface area (Å²) >= 11 is 0. The average molecular weight is 1010 g/mol. The summed E-state index contributed by atoms with van der Waals surface area (Å²) < 4.78 is 17.5. The lowest BCUT2D eigenvalue weighted by Gasteiger charge is -2.18. The van der Waals surface area contributed by atoms with Crippen LogP contribution >= 0.6 is 0 Å². The van der Waals surface area contributed by atoms with Gasteiger partial charge in [0.25, 0.3) is 0 Å². The lowest BCUT2D eigenvalue weighted by atomic mass is 10.0. The van der Waals surface area contributed by atoms with Crippen molar-refractivity contribution in [2.24, 2.45) is 0 Å². The van der Waals surface area contributed by atoms with Crippen LogP contribution in [-0.2, 0) is 23.8 Å². The molecule has 0 heterocycles. The third-order valence-corrected chi connectivity index (χ3v) is 13.8. The van der Waals surface area contributed by atoms with E-state index in [1.54, 1.807) is 0 Å². The van der Waals surface area contributed by atoms with E-state index in [-0.39, 0.29) is 25.2 Å². The predicted octanol–water partition coefficient (Wildman–Crippen LogP) is 21.8. The zero-order chi connectivity index (χ0) is 52.0. The molecule has 0 spiro atoms. The van der Waals surface area contributed by atoms with Crippen LogP contribution in [0.15, 0.2) is 72.9 Å². The molecule has 0 saturated carbocycles. The minimum absolute atomic E-state index is 0.141. The molecule has 0 amide bonds. The van der Waals surface area contributed by atoms with E-state index in [9.17, 15) is 9.59 Å². The molecule has 0 rings (SSSR count). The van der Waals surface area contributed by atoms with Crippen LogP contribution in [0.4, 0.5) is 0 Å². The molecule has 0 bridgehead atoms. The topological polar surface area (TPSA) is 61.8 Å². The Morgan fingerprint density at radius 1 is 0.306 bits per heavy atom. The summed E-state index contributed by atoms with van der Waals surface area (Å²) in [5, 5.41) is 0. The number of esters is 2. The third-order valence-electron chi connectivity index (χ3n) is 13.8. The van der Waals surface area contributed by atoms with Crippen LogP contribution in [0.5, 0.6) is 0 Å². The highest BCUT2D eigenvalue weighted by Gasteiger charge is 2.16. The summed E-state index contributed by atoms with van der Waals surface area (Å²) in [6.45, 7) is 7.62. The summed E-state index contributed by atoms with van der Waals surface area (Å²) in [7, 11) is 0. The minimum Gasteiger partial charge on any atom is -0.463 e. The van der Waals surface area contributed by atoms with Gasteiger partial charge in [0.05, 0.1) is 0 Å². The van der Waals surface area contributed by atoms with Crippen molar-refractivity contribution in [2.75, 3.05) is 19.8 Å². The second-order valence-electron chi connectivity index (χ2n) is 20.9. The van der Waals surface area contributed by atoms with E-state index in [2.05, 4.69) is 93.7 Å². The molecule has 0 aromatic rings. The van der Waals surface area contributed by atoms with E-state index in [0.29, 0.717) is 19.4 Å². The minimum atomic E-state index is -0.416. The molecule has 418 valence electrons. The Balaban J connectivity index is 4.28. The number of carbonyl (C=O) groups is 2. The maximum Gasteiger partial charge on any atom is 0.305 e. The van der Waals surface area contributed by atoms with Crippen molar-refractivity contribution in [3.8, 4) is 0 Å². The quantitative estimate of drug-likeness (QED) is 0.0345. The number of ether oxygens (including phenoxy) is 3. The second kappa shape index (κ2) is 62.6. The summed E-state index contributed by atoms with van der Waals surface area (Å²) in [6.07, 6.45) is 82.4. The van der Waals surface area contributed by atoms with Crippen LogP contribution in [0.2, 0.25) is 0 Å². The van der Waals surface area contributed by atoms with Gasteiger partial charge in [0, 0.05) is 19.4 Å². The summed E-state index contributed by atoms with van der Waals surface area (Å²) in [5.74, 6) is -0.359. The Morgan fingerprint density at radius 2 is 0.569 bits per heavy atom. The molecule has 0 N–H and O–H groups in total. The molecule has 0 aliphatic carbocycles. The fourth-order valence-electron chi connectivity index (χ4n) is 9.04. The maximum atomic E-state index is 12.7. The first-order chi connectivity index (χ1) is 35.6. The molecule has 0 radical (unpaired) electrons. The number of hydrogen-bond donors (Lipinski definition) is 0. The van der Waals surface area contributed by atoms with Crippen molar-refractivity contribution in [3.63, 3.8) is 0 Å². The van der Waals surface area contributed by atoms with Crippen LogP contribution in [0.25, 0.3) is 0 Å². The first-order valence-electron chi connectivity index (χ1n) is 31.5. The Kier molecular flexibility index (Phi) is 60.3. The standard InChI is InChI=1S/C67H120O5/c1-4-7-10-13-16-19-22-25-28-31-33-34-36-38-40-43-46-49-52-55-58-61-67(69)72-64-65(70-62-59-56-53-50-47-44-41-30-27-24-21-18-15-12-9-6-3)63-71-66(68)60-57-54-51-48-45-42-39-37-35-32-29-26-23-20-17-14-11-8-5-2/h8,11,17,20,25-26,28-29,35,37,42,45,65H,4-7,9-10,12-16,18-19,21-24,27,30-34,36,38-41,43-44,46-64H2,1-3H3/b11-8-,20-17-,28-25-,29-26-,37-35-,45-42-/t65-/m1/s1. The smallest absolute Gasteiger partial charge is 0.305 e. The lowest BCUT2D eigenvalue weighted by Crippen LogP contribution is -2.29. The zero-order valence-electron chi connectivity index (χ0n) is 48.2. The van der Waals surface area contributed by atoms with E-state index in [1.165, 1.54) is 199 Å². The lowest BCUT2D eigenvalue weighted by molar-refractivity contribution is -0.155. The Hall–Kier alpha value is -2.66. The number of hydrogen-bond acceptors (Lipinski definition) is 5. The molecular formula is C67H120O5. The second-order valence-corrected chi connectivity index (χ2v) is 20.9. The number of allylic oxidation sites excluding steroid dienone is 12. The summed E-state index contributed by atoms with van der Waals surface area (Å²) in [5.41, 5.74) is 0. The van der Waals surface area contributed by atoms with Crippen molar-refractivity contribution in [3.05, 3.63) is 72.9 Å². The van der Waals surface area contributed by atoms with Gasteiger partial charge in [-0.15, -0.1) is 0 Å². The average Bonchev–Trinajstić information content (AvgIpc) is 3.38. The normalized spacial score (nSPS) is 12.7. The predicted molar refractivity (Wildman–Crippen MR) is 316 cm³/mol. The highest BCUT2D eigenvalue weighted by molar-refractivity contribution is 5.69. The van der Waals surface area contributed by atoms with Crippen molar-refractivity contribution >= 4 is 11.9 Å². The molecule has 5 heteroatoms. The van der Waals surface area contributed by atoms with Crippen LogP contribution < -0.4 is 0 Å². The van der Waals surface area contributed by atoms with Crippen LogP contribution in [0.3, 0.4) is 0 Å². The van der Waals surface area contributed by atoms with E-state index in [0.717, 1.165) is 83.5 Å². The van der Waals surface area contributed by atoms with Gasteiger partial charge in [0.2, 0.25) is 0 Å². The van der Waals surface area contributed by atoms with Crippen LogP contribution in [-0.4, -0.2) is 37.9 Å². The largest absolute Gasteiger partial charge is 0.463 e. The Labute approximate surface area is 448 Å². The van der Waals surface area contributed by atoms with Gasteiger partial charge in [0.15, 0.2) is 0 Å². The molecule has 72 heavy (non-hydrogen) atoms. The SMILES string of the molecule is CC/C=C\C/C=C\C/C=C\C/C=C\C/C=C\CCCCCC(=O)OC[C@H](COC(=O)CCCCCCCCCCCCC/C=C\CCCCCCCC)OCCCCCCCCCCCCCCCCCC. The number of unbranched alkanes of at least 4 members (excludes halogenated alkanes) is 35. The van der Waals surface area contributed by atoms with Gasteiger partial charge in [-0.2, -0.15) is 0 Å². The Morgan fingerprint density at radius 3 is 0.917 bits per heavy atom. The van der Waals surface area contributed by atoms with Gasteiger partial charge in [-0.1, -0.05) is 286 Å². The molecule has 1 atom stereocenters. The van der Waals surface area contributed by atoms with Gasteiger partial charge in [-0.25, -0.2) is 0 Å². The van der Waals surface area contributed by atoms with Gasteiger partial charge in [0.1, 0.15) is 19.3 Å². The van der Waals surface area contributed by atoms with E-state index in [4.69, 9.17) is 14.2 Å². The molecule has 0 saturated heterocycles. The van der Waals surface area contributed by atoms with Crippen molar-refractivity contribution in [1.82, 2.24) is 0 Å². The molecule has 0 aliphatic rings. The van der Waals surface area contributed by atoms with Gasteiger partial charge < -0.3 is 14.2 Å². The molecule has 5 nitrogen and oxygen atoms in total. The van der Waals surface area contributed by atoms with Crippen LogP contribution in [0.1, 0.15) is 316 Å². The highest BCUT2D eigenvalue weighted by Crippen LogP contribution is 2.16. The fourth-order valence-corrected chi connectivity index (χ4v) is 9.04. The van der Waals surface area contributed by atoms with E-state index < -0.39 is 6.10 Å². The van der Waals surface area contributed by atoms with Gasteiger partial charge in [-0.3, -0.25) is 9.59 Å². The molecular weight excluding hydrogens is 885 g/mol. The van der Waals surface area contributed by atoms with Gasteiger partial charge >= 0.3 is 11.9 Å². The van der Waals surface area contributed by atoms with E-state index >= 15 is 0 Å².